The molecule has 532 valence electrons. The highest BCUT2D eigenvalue weighted by atomic mass is 16.6. The third kappa shape index (κ3) is 19.4. The maximum Gasteiger partial charge on any atom is 0.417 e. The second-order valence-corrected chi connectivity index (χ2v) is 24.9. The first-order valence-electron chi connectivity index (χ1n) is 33.1. The normalized spacial score (nSPS) is 10.7. The molecular weight excluding hydrogens is 1330 g/mol. The van der Waals surface area contributed by atoms with Gasteiger partial charge in [-0.15, -0.1) is 0 Å². The molecule has 105 heavy (non-hydrogen) atoms. The van der Waals surface area contributed by atoms with Crippen LogP contribution in [0.15, 0.2) is 220 Å². The van der Waals surface area contributed by atoms with E-state index in [1.807, 2.05) is 125 Å². The molecule has 0 fully saturated rings. The highest BCUT2D eigenvalue weighted by molar-refractivity contribution is 6.00. The molecule has 0 aliphatic carbocycles. The molecule has 0 aliphatic heterocycles. The third-order valence-electron chi connectivity index (χ3n) is 16.2. The van der Waals surface area contributed by atoms with Crippen LogP contribution in [-0.4, -0.2) is 115 Å². The number of carbonyl (C=O) groups excluding carboxylic acids is 3. The lowest BCUT2D eigenvalue weighted by Gasteiger charge is -2.26. The fourth-order valence-corrected chi connectivity index (χ4v) is 11.2. The van der Waals surface area contributed by atoms with Crippen molar-refractivity contribution < 1.29 is 52.7 Å². The molecule has 23 nitrogen and oxygen atoms in total. The van der Waals surface area contributed by atoms with Gasteiger partial charge in [-0.1, -0.05) is 89.5 Å². The van der Waals surface area contributed by atoms with Crippen LogP contribution in [0, 0.1) is 20.8 Å². The molecule has 0 radical (unpaired) electrons. The number of nitrogens with zero attached hydrogens (tertiary/aromatic N) is 10. The van der Waals surface area contributed by atoms with Gasteiger partial charge in [0.2, 0.25) is 17.8 Å². The number of hydrogen-bond donors (Lipinski definition) is 3. The van der Waals surface area contributed by atoms with Gasteiger partial charge in [0.15, 0.2) is 0 Å². The third-order valence-corrected chi connectivity index (χ3v) is 16.2. The van der Waals surface area contributed by atoms with E-state index in [0.29, 0.717) is 81.2 Å². The molecule has 0 aliphatic rings. The second kappa shape index (κ2) is 34.8. The van der Waals surface area contributed by atoms with Crippen LogP contribution in [0.2, 0.25) is 0 Å². The number of carboxylic acids is 1. The molecule has 6 aromatic heterocycles. The Morgan fingerprint density at radius 2 is 0.743 bits per heavy atom. The molecule has 6 aromatic carbocycles. The molecule has 12 rings (SSSR count). The van der Waals surface area contributed by atoms with Crippen LogP contribution in [0.4, 0.5) is 22.6 Å². The molecule has 0 atom stereocenters. The minimum absolute atomic E-state index is 0.0680. The quantitative estimate of drug-likeness (QED) is 0.0445. The van der Waals surface area contributed by atoms with Crippen LogP contribution in [-0.2, 0) is 33.8 Å². The molecule has 1 amide bonds. The SMILES string of the molecule is COC(=O)c1cc(-c2cnc(N(Cc3cccc(C)c3)C(=O)OC(C)(C)C)nc2)cc(-c2ccncc2)c1OC.COC(=O)c1cc(-c2cnc(NCc3cccc(C)c3)nc2)cc(-c2ccncc2)c1OC.COc1c(C(=O)O)cc(-c2cnc(NCc3cccc(C)c3)nc2)cc1-c1ccncc1. The van der Waals surface area contributed by atoms with Crippen LogP contribution in [0.3, 0.4) is 0 Å². The molecule has 0 saturated carbocycles. The number of benzene rings is 6. The fourth-order valence-electron chi connectivity index (χ4n) is 11.2. The fraction of sp³-hybridized carbons (Fsp3) is 0.183. The smallest absolute Gasteiger partial charge is 0.417 e. The molecule has 6 heterocycles. The van der Waals surface area contributed by atoms with Crippen LogP contribution < -0.4 is 29.7 Å². The predicted molar refractivity (Wildman–Crippen MR) is 402 cm³/mol. The first-order chi connectivity index (χ1) is 50.7. The largest absolute Gasteiger partial charge is 0.495 e. The van der Waals surface area contributed by atoms with Crippen LogP contribution in [0.5, 0.6) is 17.2 Å². The summed E-state index contributed by atoms with van der Waals surface area (Å²) < 4.78 is 32.3. The number of amides is 1. The van der Waals surface area contributed by atoms with Crippen molar-refractivity contribution in [2.75, 3.05) is 51.1 Å². The maximum absolute atomic E-state index is 13.2. The van der Waals surface area contributed by atoms with Crippen LogP contribution in [0.25, 0.3) is 66.8 Å². The van der Waals surface area contributed by atoms with Crippen molar-refractivity contribution >= 4 is 41.8 Å². The number of aryl methyl sites for hydroxylation is 3. The Hall–Kier alpha value is -13.3. The van der Waals surface area contributed by atoms with Crippen molar-refractivity contribution in [3.63, 3.8) is 0 Å². The Bertz CT molecular complexity index is 4990. The number of carbonyl (C=O) groups is 4. The van der Waals surface area contributed by atoms with Crippen molar-refractivity contribution in [2.45, 2.75) is 66.8 Å². The maximum atomic E-state index is 13.2. The number of nitrogens with one attached hydrogen (secondary N) is 2. The first-order valence-corrected chi connectivity index (χ1v) is 33.1. The van der Waals surface area contributed by atoms with Crippen LogP contribution in [0.1, 0.15) is 85.2 Å². The second-order valence-electron chi connectivity index (χ2n) is 24.9. The summed E-state index contributed by atoms with van der Waals surface area (Å²) in [5.41, 5.74) is 15.4. The lowest BCUT2D eigenvalue weighted by Crippen LogP contribution is -2.37. The Labute approximate surface area is 608 Å². The van der Waals surface area contributed by atoms with Crippen LogP contribution >= 0.6 is 0 Å². The number of anilines is 3. The summed E-state index contributed by atoms with van der Waals surface area (Å²) in [6, 6.07) is 46.0. The summed E-state index contributed by atoms with van der Waals surface area (Å²) in [6.07, 6.45) is 19.5. The molecular formula is C82H78N12O11. The minimum Gasteiger partial charge on any atom is -0.495 e. The van der Waals surface area contributed by atoms with Crippen molar-refractivity contribution in [3.8, 4) is 84.0 Å². The van der Waals surface area contributed by atoms with Gasteiger partial charge in [-0.3, -0.25) is 15.0 Å². The highest BCUT2D eigenvalue weighted by Crippen LogP contribution is 2.41. The van der Waals surface area contributed by atoms with E-state index < -0.39 is 29.6 Å². The summed E-state index contributed by atoms with van der Waals surface area (Å²) in [5.74, 6) is 0.231. The molecule has 12 aromatic rings. The number of esters is 2. The van der Waals surface area contributed by atoms with Gasteiger partial charge in [0.1, 0.15) is 39.5 Å². The zero-order chi connectivity index (χ0) is 74.6. The topological polar surface area (TPSA) is 287 Å². The number of methoxy groups -OCH3 is 5. The predicted octanol–water partition coefficient (Wildman–Crippen LogP) is 16.0. The average molecular weight is 1410 g/mol. The van der Waals surface area contributed by atoms with Gasteiger partial charge < -0.3 is 44.2 Å². The molecule has 0 saturated heterocycles. The molecule has 0 spiro atoms. The lowest BCUT2D eigenvalue weighted by atomic mass is 9.96. The minimum atomic E-state index is -1.07. The van der Waals surface area contributed by atoms with E-state index in [9.17, 15) is 24.3 Å². The van der Waals surface area contributed by atoms with E-state index in [4.69, 9.17) is 28.4 Å². The first kappa shape index (κ1) is 74.4. The number of rotatable bonds is 21. The summed E-state index contributed by atoms with van der Waals surface area (Å²) in [7, 11) is 7.16. The molecule has 23 heteroatoms. The number of aromatic carboxylic acids is 1. The number of carboxylic acid groups (broad SMARTS) is 1. The standard InChI is InChI=1S/C31H32N4O5.C26H24N4O3.C25H22N4O3/c1-20-8-7-9-21(14-20)19-35(30(37)40-31(2,3)4)29-33-17-24(18-34-29)23-15-25(22-10-12-32-13-11-22)27(38-5)26(16-23)28(36)39-6;1-17-5-4-6-18(11-17)14-28-26-29-15-21(16-30-26)20-12-22(19-7-9-27-10-8-19)24(32-2)23(13-20)25(31)33-3;1-16-4-3-5-17(10-16)13-27-25-28-14-20(15-29-25)19-11-21(18-6-8-26-9-7-18)23(32-2)22(12-19)24(30)31/h7-18H,19H2,1-6H3;4-13,15-16H,14H2,1-3H3,(H,28,29,30);3-12,14-15H,13H2,1-2H3,(H,30,31)(H,27,28,29). The summed E-state index contributed by atoms with van der Waals surface area (Å²) in [5, 5.41) is 16.2. The summed E-state index contributed by atoms with van der Waals surface area (Å²) >= 11 is 0. The summed E-state index contributed by atoms with van der Waals surface area (Å²) in [4.78, 5) is 90.6. The van der Waals surface area contributed by atoms with Gasteiger partial charge in [0, 0.05) is 121 Å². The Kier molecular flexibility index (Phi) is 24.7. The van der Waals surface area contributed by atoms with E-state index in [1.54, 1.807) is 92.6 Å². The number of aromatic nitrogens is 9. The van der Waals surface area contributed by atoms with Gasteiger partial charge in [-0.25, -0.2) is 54.0 Å². The van der Waals surface area contributed by atoms with E-state index in [1.165, 1.54) is 51.6 Å². The average Bonchev–Trinajstić information content (AvgIpc) is 0.796. The van der Waals surface area contributed by atoms with Gasteiger partial charge >= 0.3 is 24.0 Å². The zero-order valence-electron chi connectivity index (χ0n) is 59.9. The zero-order valence-corrected chi connectivity index (χ0v) is 59.9. The molecule has 3 N–H and O–H groups in total. The van der Waals surface area contributed by atoms with E-state index in [2.05, 4.69) is 99.7 Å². The highest BCUT2D eigenvalue weighted by Gasteiger charge is 2.28. The number of pyridine rings is 3. The van der Waals surface area contributed by atoms with Gasteiger partial charge in [-0.05, 0) is 164 Å². The van der Waals surface area contributed by atoms with Crippen molar-refractivity contribution in [1.82, 2.24) is 44.9 Å². The molecule has 0 bridgehead atoms. The van der Waals surface area contributed by atoms with E-state index in [-0.39, 0.29) is 23.6 Å². The van der Waals surface area contributed by atoms with Gasteiger partial charge in [0.25, 0.3) is 0 Å². The van der Waals surface area contributed by atoms with Crippen molar-refractivity contribution in [3.05, 3.63) is 270 Å². The van der Waals surface area contributed by atoms with Crippen molar-refractivity contribution in [1.29, 1.82) is 0 Å². The van der Waals surface area contributed by atoms with Gasteiger partial charge in [0.05, 0.1) is 42.1 Å². The monoisotopic (exact) mass is 1410 g/mol. The Morgan fingerprint density at radius 1 is 0.410 bits per heavy atom. The van der Waals surface area contributed by atoms with E-state index >= 15 is 0 Å². The number of hydrogen-bond acceptors (Lipinski definition) is 21. The Morgan fingerprint density at radius 3 is 1.08 bits per heavy atom. The number of ether oxygens (including phenoxy) is 6. The van der Waals surface area contributed by atoms with E-state index in [0.717, 1.165) is 55.6 Å². The summed E-state index contributed by atoms with van der Waals surface area (Å²) in [6.45, 7) is 13.0. The molecule has 0 unspecified atom stereocenters. The Balaban J connectivity index is 0.000000170. The lowest BCUT2D eigenvalue weighted by molar-refractivity contribution is 0.0569. The van der Waals surface area contributed by atoms with Gasteiger partial charge in [-0.2, -0.15) is 0 Å². The van der Waals surface area contributed by atoms with Crippen molar-refractivity contribution in [2.24, 2.45) is 0 Å².